The van der Waals surface area contributed by atoms with E-state index in [1.54, 1.807) is 0 Å². The van der Waals surface area contributed by atoms with Crippen molar-refractivity contribution >= 4 is 28.9 Å². The molecule has 3 heterocycles. The topological polar surface area (TPSA) is 94.6 Å². The lowest BCUT2D eigenvalue weighted by Crippen LogP contribution is -2.37. The van der Waals surface area contributed by atoms with Crippen molar-refractivity contribution in [3.63, 3.8) is 0 Å². The Labute approximate surface area is 133 Å². The van der Waals surface area contributed by atoms with Crippen LogP contribution in [0, 0.1) is 5.21 Å². The second kappa shape index (κ2) is 7.28. The van der Waals surface area contributed by atoms with Crippen molar-refractivity contribution in [2.75, 3.05) is 55.2 Å². The zero-order valence-electron chi connectivity index (χ0n) is 12.2. The van der Waals surface area contributed by atoms with Gasteiger partial charge in [-0.05, 0) is 24.4 Å². The summed E-state index contributed by atoms with van der Waals surface area (Å²) in [5.41, 5.74) is 2.30. The average molecular weight is 329 g/mol. The number of hydrogen-bond donors (Lipinski definition) is 2. The fraction of sp³-hybridized carbons (Fsp3) is 0.692. The molecule has 1 aromatic rings. The number of nitrogens with zero attached hydrogens (tertiary/aromatic N) is 3. The van der Waals surface area contributed by atoms with Gasteiger partial charge in [0, 0.05) is 32.3 Å². The summed E-state index contributed by atoms with van der Waals surface area (Å²) in [7, 11) is 0. The predicted octanol–water partition coefficient (Wildman–Crippen LogP) is 1.47. The first-order chi connectivity index (χ1) is 10.8. The summed E-state index contributed by atoms with van der Waals surface area (Å²) in [5.74, 6) is 0.969. The van der Waals surface area contributed by atoms with Gasteiger partial charge in [-0.15, -0.1) is 0 Å². The molecule has 0 spiro atoms. The van der Waals surface area contributed by atoms with E-state index in [0.717, 1.165) is 12.8 Å². The van der Waals surface area contributed by atoms with E-state index in [1.165, 1.54) is 0 Å². The van der Waals surface area contributed by atoms with E-state index in [1.807, 2.05) is 10.4 Å². The Bertz CT molecular complexity index is 507. The van der Waals surface area contributed by atoms with E-state index < -0.39 is 0 Å². The number of morpholine rings is 1. The maximum Gasteiger partial charge on any atom is 0.226 e. The van der Waals surface area contributed by atoms with Gasteiger partial charge in [0.25, 0.3) is 0 Å². The standard InChI is InChI=1S/C13H19ClN5O3/c14-13-16-11(15-9-1-5-21-6-2-9)10(18-20)12(17-13)19-3-7-22-8-4-19/h9,18H,1-8H2,(H,15,16,17)/q-1. The maximum absolute atomic E-state index is 11.5. The molecule has 0 atom stereocenters. The Hall–Kier alpha value is -1.35. The van der Waals surface area contributed by atoms with Crippen LogP contribution in [0.15, 0.2) is 0 Å². The summed E-state index contributed by atoms with van der Waals surface area (Å²) in [6.45, 7) is 3.93. The molecule has 1 aromatic heterocycles. The quantitative estimate of drug-likeness (QED) is 0.634. The molecule has 22 heavy (non-hydrogen) atoms. The fourth-order valence-corrected chi connectivity index (χ4v) is 2.82. The van der Waals surface area contributed by atoms with E-state index >= 15 is 0 Å². The Kier molecular flexibility index (Phi) is 5.14. The number of hydrogen-bond acceptors (Lipinski definition) is 8. The van der Waals surface area contributed by atoms with Gasteiger partial charge in [-0.2, -0.15) is 9.97 Å². The van der Waals surface area contributed by atoms with Crippen LogP contribution in [0.25, 0.3) is 0 Å². The van der Waals surface area contributed by atoms with Crippen molar-refractivity contribution in [2.45, 2.75) is 18.9 Å². The summed E-state index contributed by atoms with van der Waals surface area (Å²) in [6, 6.07) is 0.212. The van der Waals surface area contributed by atoms with Gasteiger partial charge in [0.15, 0.2) is 11.6 Å². The Morgan fingerprint density at radius 3 is 2.45 bits per heavy atom. The van der Waals surface area contributed by atoms with Gasteiger partial charge in [-0.1, -0.05) is 0 Å². The van der Waals surface area contributed by atoms with E-state index in [2.05, 4.69) is 15.3 Å². The minimum absolute atomic E-state index is 0.120. The molecule has 9 heteroatoms. The molecule has 122 valence electrons. The lowest BCUT2D eigenvalue weighted by molar-refractivity contribution is 0.0904. The Morgan fingerprint density at radius 1 is 1.09 bits per heavy atom. The largest absolute Gasteiger partial charge is 0.761 e. The van der Waals surface area contributed by atoms with Crippen molar-refractivity contribution in [3.05, 3.63) is 10.5 Å². The summed E-state index contributed by atoms with van der Waals surface area (Å²) < 4.78 is 10.7. The van der Waals surface area contributed by atoms with Gasteiger partial charge in [0.1, 0.15) is 5.69 Å². The molecule has 0 radical (unpaired) electrons. The minimum Gasteiger partial charge on any atom is -0.761 e. The third-order valence-corrected chi connectivity index (χ3v) is 4.01. The molecule has 8 nitrogen and oxygen atoms in total. The van der Waals surface area contributed by atoms with E-state index in [-0.39, 0.29) is 11.3 Å². The van der Waals surface area contributed by atoms with Crippen molar-refractivity contribution in [1.29, 1.82) is 0 Å². The molecule has 0 bridgehead atoms. The van der Waals surface area contributed by atoms with Crippen molar-refractivity contribution < 1.29 is 9.47 Å². The highest BCUT2D eigenvalue weighted by molar-refractivity contribution is 6.28. The van der Waals surface area contributed by atoms with Crippen LogP contribution in [-0.2, 0) is 9.47 Å². The van der Waals surface area contributed by atoms with Crippen LogP contribution in [-0.4, -0.2) is 55.5 Å². The smallest absolute Gasteiger partial charge is 0.226 e. The van der Waals surface area contributed by atoms with Crippen LogP contribution in [0.5, 0.6) is 0 Å². The van der Waals surface area contributed by atoms with Gasteiger partial charge in [-0.25, -0.2) is 0 Å². The highest BCUT2D eigenvalue weighted by atomic mass is 35.5. The molecule has 0 unspecified atom stereocenters. The van der Waals surface area contributed by atoms with Gasteiger partial charge in [-0.3, -0.25) is 0 Å². The van der Waals surface area contributed by atoms with Crippen LogP contribution < -0.4 is 15.7 Å². The van der Waals surface area contributed by atoms with Gasteiger partial charge in [0.2, 0.25) is 5.28 Å². The molecule has 0 aliphatic carbocycles. The molecule has 3 rings (SSSR count). The molecular formula is C13H19ClN5O3-. The number of anilines is 3. The number of nitrogens with one attached hydrogen (secondary N) is 2. The van der Waals surface area contributed by atoms with Crippen LogP contribution in [0.1, 0.15) is 12.8 Å². The highest BCUT2D eigenvalue weighted by Gasteiger charge is 2.22. The molecule has 2 aliphatic rings. The van der Waals surface area contributed by atoms with E-state index in [0.29, 0.717) is 56.8 Å². The molecule has 2 fully saturated rings. The summed E-state index contributed by atoms with van der Waals surface area (Å²) in [6.07, 6.45) is 1.74. The first-order valence-electron chi connectivity index (χ1n) is 7.40. The minimum atomic E-state index is 0.120. The van der Waals surface area contributed by atoms with Crippen molar-refractivity contribution in [3.8, 4) is 0 Å². The van der Waals surface area contributed by atoms with Gasteiger partial charge >= 0.3 is 0 Å². The number of aromatic nitrogens is 2. The third-order valence-electron chi connectivity index (χ3n) is 3.84. The SMILES string of the molecule is [O-]Nc1c(NC2CCOCC2)nc(Cl)nc1N1CCOCC1. The van der Waals surface area contributed by atoms with E-state index in [4.69, 9.17) is 21.1 Å². The molecular weight excluding hydrogens is 310 g/mol. The molecule has 2 saturated heterocycles. The maximum atomic E-state index is 11.5. The van der Waals surface area contributed by atoms with E-state index in [9.17, 15) is 5.21 Å². The summed E-state index contributed by atoms with van der Waals surface area (Å²) in [5, 5.41) is 14.9. The first kappa shape index (κ1) is 15.5. The normalized spacial score (nSPS) is 20.0. The number of rotatable bonds is 4. The van der Waals surface area contributed by atoms with Crippen LogP contribution in [0.2, 0.25) is 5.28 Å². The predicted molar refractivity (Wildman–Crippen MR) is 84.5 cm³/mol. The highest BCUT2D eigenvalue weighted by Crippen LogP contribution is 2.33. The number of ether oxygens (including phenoxy) is 2. The molecule has 2 aliphatic heterocycles. The van der Waals surface area contributed by atoms with Crippen LogP contribution in [0.3, 0.4) is 0 Å². The second-order valence-corrected chi connectivity index (χ2v) is 5.61. The van der Waals surface area contributed by atoms with Crippen LogP contribution >= 0.6 is 11.6 Å². The fourth-order valence-electron chi connectivity index (χ4n) is 2.66. The molecule has 0 amide bonds. The number of halogens is 1. The molecule has 2 N–H and O–H groups in total. The Morgan fingerprint density at radius 2 is 1.77 bits per heavy atom. The van der Waals surface area contributed by atoms with Crippen molar-refractivity contribution in [1.82, 2.24) is 9.97 Å². The van der Waals surface area contributed by atoms with Gasteiger partial charge in [0.05, 0.1) is 13.2 Å². The average Bonchev–Trinajstić information content (AvgIpc) is 2.56. The third kappa shape index (κ3) is 3.52. The zero-order valence-corrected chi connectivity index (χ0v) is 12.9. The summed E-state index contributed by atoms with van der Waals surface area (Å²) >= 11 is 6.04. The van der Waals surface area contributed by atoms with Crippen molar-refractivity contribution in [2.24, 2.45) is 0 Å². The second-order valence-electron chi connectivity index (χ2n) is 5.27. The monoisotopic (exact) mass is 328 g/mol. The molecule has 0 aromatic carbocycles. The Balaban J connectivity index is 1.86. The lowest BCUT2D eigenvalue weighted by atomic mass is 10.1. The summed E-state index contributed by atoms with van der Waals surface area (Å²) in [4.78, 5) is 10.4. The first-order valence-corrected chi connectivity index (χ1v) is 7.78. The zero-order chi connectivity index (χ0) is 15.4. The van der Waals surface area contributed by atoms with Gasteiger partial charge < -0.3 is 30.4 Å². The lowest BCUT2D eigenvalue weighted by Gasteiger charge is -2.32. The molecule has 0 saturated carbocycles. The van der Waals surface area contributed by atoms with Crippen LogP contribution in [0.4, 0.5) is 17.3 Å².